The molecule has 0 bridgehead atoms. The third kappa shape index (κ3) is 6.25. The number of aliphatic carboxylic acids is 1. The monoisotopic (exact) mass is 498 g/mol. The Hall–Kier alpha value is -3.96. The molecule has 2 N–H and O–H groups in total. The van der Waals surface area contributed by atoms with Crippen LogP contribution in [-0.4, -0.2) is 60.1 Å². The summed E-state index contributed by atoms with van der Waals surface area (Å²) in [7, 11) is 0. The number of carboxylic acid groups (broad SMARTS) is 1. The van der Waals surface area contributed by atoms with E-state index >= 15 is 0 Å². The van der Waals surface area contributed by atoms with Gasteiger partial charge in [0.15, 0.2) is 0 Å². The van der Waals surface area contributed by atoms with E-state index < -0.39 is 12.0 Å². The summed E-state index contributed by atoms with van der Waals surface area (Å²) in [4.78, 5) is 13.6. The third-order valence-corrected chi connectivity index (χ3v) is 6.43. The first kappa shape index (κ1) is 26.1. The number of aryl methyl sites for hydroxylation is 1. The molecule has 190 valence electrons. The van der Waals surface area contributed by atoms with Crippen molar-refractivity contribution in [1.29, 1.82) is 5.26 Å². The average Bonchev–Trinajstić information content (AvgIpc) is 2.92. The van der Waals surface area contributed by atoms with Crippen LogP contribution in [0.15, 0.2) is 60.7 Å². The number of carboxylic acids is 1. The Kier molecular flexibility index (Phi) is 8.70. The summed E-state index contributed by atoms with van der Waals surface area (Å²) in [6.07, 6.45) is 3.90. The van der Waals surface area contributed by atoms with Crippen LogP contribution in [0.2, 0.25) is 0 Å². The Morgan fingerprint density at radius 3 is 2.68 bits per heavy atom. The van der Waals surface area contributed by atoms with Crippen molar-refractivity contribution in [3.05, 3.63) is 88.5 Å². The molecule has 0 aliphatic carbocycles. The lowest BCUT2D eigenvalue weighted by molar-refractivity contribution is -0.150. The molecule has 37 heavy (non-hydrogen) atoms. The molecule has 0 aromatic heterocycles. The zero-order valence-electron chi connectivity index (χ0n) is 20.8. The molecule has 0 amide bonds. The maximum Gasteiger partial charge on any atom is 0.323 e. The Labute approximate surface area is 216 Å². The molecule has 1 fully saturated rings. The smallest absolute Gasteiger partial charge is 0.323 e. The van der Waals surface area contributed by atoms with Gasteiger partial charge in [-0.2, -0.15) is 5.26 Å². The lowest BCUT2D eigenvalue weighted by Crippen LogP contribution is -2.49. The van der Waals surface area contributed by atoms with Gasteiger partial charge in [0, 0.05) is 24.2 Å². The van der Waals surface area contributed by atoms with E-state index in [4.69, 9.17) is 9.47 Å². The van der Waals surface area contributed by atoms with E-state index in [1.165, 1.54) is 0 Å². The summed E-state index contributed by atoms with van der Waals surface area (Å²) >= 11 is 0. The van der Waals surface area contributed by atoms with Crippen molar-refractivity contribution >= 4 is 18.1 Å². The molecule has 1 unspecified atom stereocenters. The number of hydrogen-bond acceptors (Lipinski definition) is 6. The zero-order valence-corrected chi connectivity index (χ0v) is 20.8. The molecule has 1 aliphatic rings. The number of hydrogen-bond donors (Lipinski definition) is 2. The molecule has 1 aliphatic heterocycles. The minimum atomic E-state index is -0.924. The summed E-state index contributed by atoms with van der Waals surface area (Å²) in [6, 6.07) is 21.1. The van der Waals surface area contributed by atoms with Crippen LogP contribution < -0.4 is 4.74 Å². The fourth-order valence-electron chi connectivity index (χ4n) is 4.48. The third-order valence-electron chi connectivity index (χ3n) is 6.43. The van der Waals surface area contributed by atoms with E-state index in [9.17, 15) is 20.3 Å². The predicted octanol–water partition coefficient (Wildman–Crippen LogP) is 4.36. The van der Waals surface area contributed by atoms with E-state index in [1.807, 2.05) is 84.6 Å². The van der Waals surface area contributed by atoms with Crippen molar-refractivity contribution in [2.75, 3.05) is 33.0 Å². The van der Waals surface area contributed by atoms with Crippen LogP contribution in [0.3, 0.4) is 0 Å². The van der Waals surface area contributed by atoms with Gasteiger partial charge < -0.3 is 19.7 Å². The highest BCUT2D eigenvalue weighted by atomic mass is 16.5. The Balaban J connectivity index is 1.68. The Morgan fingerprint density at radius 2 is 1.95 bits per heavy atom. The normalized spacial score (nSPS) is 16.0. The van der Waals surface area contributed by atoms with Gasteiger partial charge in [-0.05, 0) is 41.3 Å². The second-order valence-corrected chi connectivity index (χ2v) is 8.87. The van der Waals surface area contributed by atoms with E-state index in [2.05, 4.69) is 6.07 Å². The number of nitriles is 1. The van der Waals surface area contributed by atoms with Crippen LogP contribution in [0, 0.1) is 18.3 Å². The minimum Gasteiger partial charge on any atom is -0.491 e. The number of carbonyl (C=O) groups is 1. The van der Waals surface area contributed by atoms with Gasteiger partial charge in [-0.25, -0.2) is 0 Å². The Bertz CT molecular complexity index is 1310. The lowest BCUT2D eigenvalue weighted by atomic mass is 9.95. The predicted molar refractivity (Wildman–Crippen MR) is 142 cm³/mol. The summed E-state index contributed by atoms with van der Waals surface area (Å²) in [5.41, 5.74) is 5.99. The van der Waals surface area contributed by atoms with Gasteiger partial charge in [0.1, 0.15) is 24.5 Å². The summed E-state index contributed by atoms with van der Waals surface area (Å²) in [5.74, 6) is -0.310. The van der Waals surface area contributed by atoms with Crippen molar-refractivity contribution in [3.63, 3.8) is 0 Å². The number of rotatable bonds is 9. The van der Waals surface area contributed by atoms with E-state index in [0.29, 0.717) is 31.0 Å². The SMILES string of the molecule is Cc1cc(OCCO)c(CN2CCOCC2C(=O)O)cc1C=Cc1cccc(-c2ccccc2)c1C#N. The molecule has 3 aromatic carbocycles. The van der Waals surface area contributed by atoms with Gasteiger partial charge in [0.25, 0.3) is 0 Å². The van der Waals surface area contributed by atoms with Gasteiger partial charge in [0.05, 0.1) is 25.4 Å². The molecular weight excluding hydrogens is 468 g/mol. The van der Waals surface area contributed by atoms with Gasteiger partial charge in [-0.3, -0.25) is 9.69 Å². The van der Waals surface area contributed by atoms with Crippen molar-refractivity contribution in [2.45, 2.75) is 19.5 Å². The molecule has 0 spiro atoms. The molecule has 1 saturated heterocycles. The number of aliphatic hydroxyl groups is 1. The van der Waals surface area contributed by atoms with Crippen molar-refractivity contribution in [1.82, 2.24) is 4.90 Å². The quantitative estimate of drug-likeness (QED) is 0.423. The molecular formula is C30H30N2O5. The number of aliphatic hydroxyl groups excluding tert-OH is 1. The second-order valence-electron chi connectivity index (χ2n) is 8.87. The average molecular weight is 499 g/mol. The van der Waals surface area contributed by atoms with E-state index in [-0.39, 0.29) is 19.8 Å². The summed E-state index contributed by atoms with van der Waals surface area (Å²) in [5, 5.41) is 28.9. The van der Waals surface area contributed by atoms with E-state index in [1.54, 1.807) is 0 Å². The number of ether oxygens (including phenoxy) is 2. The molecule has 0 radical (unpaired) electrons. The number of morpholine rings is 1. The standard InChI is InChI=1S/C30H30N2O5/c1-21-16-29(37-15-13-33)25(19-32-12-14-36-20-28(32)30(34)35)17-24(21)11-10-23-8-5-9-26(27(23)18-31)22-6-3-2-4-7-22/h2-11,16-17,28,33H,12-15,19-20H2,1H3,(H,34,35). The molecule has 3 aromatic rings. The summed E-state index contributed by atoms with van der Waals surface area (Å²) in [6.45, 7) is 3.45. The second kappa shape index (κ2) is 12.3. The van der Waals surface area contributed by atoms with Gasteiger partial charge in [-0.15, -0.1) is 0 Å². The number of nitrogens with zero attached hydrogens (tertiary/aromatic N) is 2. The molecule has 1 heterocycles. The van der Waals surface area contributed by atoms with Crippen LogP contribution >= 0.6 is 0 Å². The minimum absolute atomic E-state index is 0.121. The molecule has 1 atom stereocenters. The first-order valence-electron chi connectivity index (χ1n) is 12.2. The van der Waals surface area contributed by atoms with Gasteiger partial charge in [0.2, 0.25) is 0 Å². The van der Waals surface area contributed by atoms with E-state index in [0.717, 1.165) is 33.4 Å². The molecule has 0 saturated carbocycles. The molecule has 4 rings (SSSR count). The maximum absolute atomic E-state index is 11.8. The first-order chi connectivity index (χ1) is 18.0. The molecule has 7 nitrogen and oxygen atoms in total. The molecule has 7 heteroatoms. The maximum atomic E-state index is 11.8. The van der Waals surface area contributed by atoms with Crippen molar-refractivity contribution < 1.29 is 24.5 Å². The highest BCUT2D eigenvalue weighted by molar-refractivity contribution is 5.81. The highest BCUT2D eigenvalue weighted by Crippen LogP contribution is 2.30. The lowest BCUT2D eigenvalue weighted by Gasteiger charge is -2.33. The largest absolute Gasteiger partial charge is 0.491 e. The van der Waals surface area contributed by atoms with Crippen LogP contribution in [0.5, 0.6) is 5.75 Å². The fourth-order valence-corrected chi connectivity index (χ4v) is 4.48. The van der Waals surface area contributed by atoms with Gasteiger partial charge >= 0.3 is 5.97 Å². The highest BCUT2D eigenvalue weighted by Gasteiger charge is 2.30. The zero-order chi connectivity index (χ0) is 26.2. The Morgan fingerprint density at radius 1 is 1.16 bits per heavy atom. The van der Waals surface area contributed by atoms with Crippen LogP contribution in [0.1, 0.15) is 27.8 Å². The van der Waals surface area contributed by atoms with Gasteiger partial charge in [-0.1, -0.05) is 60.7 Å². The first-order valence-corrected chi connectivity index (χ1v) is 12.2. The van der Waals surface area contributed by atoms with Crippen LogP contribution in [0.25, 0.3) is 23.3 Å². The number of benzene rings is 3. The van der Waals surface area contributed by atoms with Crippen LogP contribution in [-0.2, 0) is 16.1 Å². The van der Waals surface area contributed by atoms with Crippen molar-refractivity contribution in [2.24, 2.45) is 0 Å². The van der Waals surface area contributed by atoms with Crippen molar-refractivity contribution in [3.8, 4) is 22.9 Å². The fraction of sp³-hybridized carbons (Fsp3) is 0.267. The topological polar surface area (TPSA) is 103 Å². The van der Waals surface area contributed by atoms with Crippen LogP contribution in [0.4, 0.5) is 0 Å². The summed E-state index contributed by atoms with van der Waals surface area (Å²) < 4.78 is 11.2.